The molecule has 30 heavy (non-hydrogen) atoms. The van der Waals surface area contributed by atoms with E-state index in [9.17, 15) is 9.59 Å². The third-order valence-electron chi connectivity index (χ3n) is 5.26. The van der Waals surface area contributed by atoms with Crippen molar-refractivity contribution in [1.29, 1.82) is 0 Å². The third-order valence-corrected chi connectivity index (χ3v) is 5.26. The van der Waals surface area contributed by atoms with Crippen molar-refractivity contribution in [3.05, 3.63) is 59.7 Å². The quantitative estimate of drug-likeness (QED) is 0.755. The van der Waals surface area contributed by atoms with Gasteiger partial charge in [-0.05, 0) is 69.0 Å². The highest BCUT2D eigenvalue weighted by Gasteiger charge is 2.25. The van der Waals surface area contributed by atoms with Crippen LogP contribution < -0.4 is 14.8 Å². The molecule has 2 amide bonds. The normalized spacial score (nSPS) is 14.5. The number of nitrogens with one attached hydrogen (secondary N) is 1. The van der Waals surface area contributed by atoms with E-state index in [1.54, 1.807) is 19.2 Å². The zero-order valence-electron chi connectivity index (χ0n) is 17.9. The van der Waals surface area contributed by atoms with E-state index < -0.39 is 0 Å². The van der Waals surface area contributed by atoms with Crippen molar-refractivity contribution in [1.82, 2.24) is 10.2 Å². The fraction of sp³-hybridized carbons (Fsp3) is 0.417. The summed E-state index contributed by atoms with van der Waals surface area (Å²) in [5.41, 5.74) is 1.23. The Labute approximate surface area is 178 Å². The highest BCUT2D eigenvalue weighted by atomic mass is 16.5. The highest BCUT2D eigenvalue weighted by Crippen LogP contribution is 2.24. The smallest absolute Gasteiger partial charge is 0.257 e. The number of piperidine rings is 1. The first-order valence-electron chi connectivity index (χ1n) is 10.4. The number of carbonyl (C=O) groups excluding carboxylic acids is 2. The summed E-state index contributed by atoms with van der Waals surface area (Å²) in [6.07, 6.45) is 1.80. The largest absolute Gasteiger partial charge is 0.496 e. The van der Waals surface area contributed by atoms with Gasteiger partial charge in [0, 0.05) is 24.7 Å². The molecule has 2 aromatic carbocycles. The molecule has 3 rings (SSSR count). The predicted molar refractivity (Wildman–Crippen MR) is 116 cm³/mol. The molecular formula is C24H30N2O4. The Kier molecular flexibility index (Phi) is 7.33. The zero-order chi connectivity index (χ0) is 21.5. The third kappa shape index (κ3) is 5.53. The van der Waals surface area contributed by atoms with Gasteiger partial charge in [0.15, 0.2) is 0 Å². The maximum atomic E-state index is 12.8. The van der Waals surface area contributed by atoms with Crippen molar-refractivity contribution in [3.63, 3.8) is 0 Å². The van der Waals surface area contributed by atoms with Gasteiger partial charge in [-0.1, -0.05) is 12.1 Å². The van der Waals surface area contributed by atoms with E-state index in [-0.39, 0.29) is 17.9 Å². The van der Waals surface area contributed by atoms with Crippen molar-refractivity contribution in [2.75, 3.05) is 26.8 Å². The van der Waals surface area contributed by atoms with Gasteiger partial charge in [0.25, 0.3) is 11.8 Å². The Bertz CT molecular complexity index is 856. The molecule has 1 saturated heterocycles. The Balaban J connectivity index is 1.47. The van der Waals surface area contributed by atoms with Gasteiger partial charge in [0.2, 0.25) is 0 Å². The minimum absolute atomic E-state index is 0.0158. The molecule has 1 fully saturated rings. The van der Waals surface area contributed by atoms with Gasteiger partial charge in [-0.3, -0.25) is 9.59 Å². The van der Waals surface area contributed by atoms with Crippen LogP contribution in [0.15, 0.2) is 48.5 Å². The number of hydrogen-bond donors (Lipinski definition) is 1. The molecule has 1 aliphatic rings. The van der Waals surface area contributed by atoms with Gasteiger partial charge in [0.1, 0.15) is 11.5 Å². The summed E-state index contributed by atoms with van der Waals surface area (Å²) in [7, 11) is 1.58. The molecule has 1 heterocycles. The van der Waals surface area contributed by atoms with Crippen LogP contribution in [-0.2, 0) is 0 Å². The first kappa shape index (κ1) is 21.7. The van der Waals surface area contributed by atoms with Gasteiger partial charge >= 0.3 is 0 Å². The summed E-state index contributed by atoms with van der Waals surface area (Å²) >= 11 is 0. The van der Waals surface area contributed by atoms with Gasteiger partial charge in [-0.25, -0.2) is 0 Å². The van der Waals surface area contributed by atoms with Crippen LogP contribution in [0.3, 0.4) is 0 Å². The number of benzene rings is 2. The van der Waals surface area contributed by atoms with E-state index in [0.717, 1.165) is 18.6 Å². The number of carbonyl (C=O) groups is 2. The van der Waals surface area contributed by atoms with E-state index in [1.807, 2.05) is 55.1 Å². The Morgan fingerprint density at radius 1 is 1.07 bits per heavy atom. The maximum absolute atomic E-state index is 12.8. The van der Waals surface area contributed by atoms with E-state index in [1.165, 1.54) is 0 Å². The fourth-order valence-electron chi connectivity index (χ4n) is 3.56. The summed E-state index contributed by atoms with van der Waals surface area (Å²) in [6.45, 7) is 5.89. The molecule has 1 N–H and O–H groups in total. The fourth-order valence-corrected chi connectivity index (χ4v) is 3.56. The SMILES string of the molecule is COc1ccccc1C(=O)N1CCC(COc2ccc(C(=O)NC(C)C)cc2)CC1. The van der Waals surface area contributed by atoms with Crippen molar-refractivity contribution < 1.29 is 19.1 Å². The van der Waals surface area contributed by atoms with Crippen LogP contribution in [0.5, 0.6) is 11.5 Å². The van der Waals surface area contributed by atoms with Gasteiger partial charge in [-0.2, -0.15) is 0 Å². The van der Waals surface area contributed by atoms with Crippen LogP contribution in [0, 0.1) is 5.92 Å². The number of para-hydroxylation sites is 1. The number of rotatable bonds is 7. The molecule has 0 spiro atoms. The Morgan fingerprint density at radius 2 is 1.73 bits per heavy atom. The molecular weight excluding hydrogens is 380 g/mol. The van der Waals surface area contributed by atoms with Crippen molar-refractivity contribution >= 4 is 11.8 Å². The van der Waals surface area contributed by atoms with Crippen LogP contribution >= 0.6 is 0 Å². The lowest BCUT2D eigenvalue weighted by molar-refractivity contribution is 0.0657. The van der Waals surface area contributed by atoms with Gasteiger partial charge in [0.05, 0.1) is 19.3 Å². The Morgan fingerprint density at radius 3 is 2.37 bits per heavy atom. The van der Waals surface area contributed by atoms with Crippen LogP contribution in [0.25, 0.3) is 0 Å². The number of hydrogen-bond acceptors (Lipinski definition) is 4. The molecule has 160 valence electrons. The van der Waals surface area contributed by atoms with Crippen LogP contribution in [-0.4, -0.2) is 49.6 Å². The van der Waals surface area contributed by atoms with E-state index in [2.05, 4.69) is 5.32 Å². The van der Waals surface area contributed by atoms with Gasteiger partial charge in [-0.15, -0.1) is 0 Å². The monoisotopic (exact) mass is 410 g/mol. The molecule has 1 aliphatic heterocycles. The van der Waals surface area contributed by atoms with Gasteiger partial charge < -0.3 is 19.7 Å². The van der Waals surface area contributed by atoms with E-state index >= 15 is 0 Å². The summed E-state index contributed by atoms with van der Waals surface area (Å²) in [5.74, 6) is 1.70. The van der Waals surface area contributed by atoms with Crippen LogP contribution in [0.4, 0.5) is 0 Å². The average Bonchev–Trinajstić information content (AvgIpc) is 2.77. The lowest BCUT2D eigenvalue weighted by Gasteiger charge is -2.32. The molecule has 0 radical (unpaired) electrons. The molecule has 6 heteroatoms. The molecule has 2 aromatic rings. The number of likely N-dealkylation sites (tertiary alicyclic amines) is 1. The average molecular weight is 411 g/mol. The predicted octanol–water partition coefficient (Wildman–Crippen LogP) is 3.76. The second-order valence-corrected chi connectivity index (χ2v) is 7.90. The van der Waals surface area contributed by atoms with Crippen molar-refractivity contribution in [2.24, 2.45) is 5.92 Å². The topological polar surface area (TPSA) is 67.9 Å². The molecule has 0 atom stereocenters. The van der Waals surface area contributed by atoms with Crippen LogP contribution in [0.1, 0.15) is 47.4 Å². The summed E-state index contributed by atoms with van der Waals surface area (Å²) in [5, 5.41) is 2.87. The van der Waals surface area contributed by atoms with Crippen LogP contribution in [0.2, 0.25) is 0 Å². The first-order chi connectivity index (χ1) is 14.5. The Hall–Kier alpha value is -3.02. The minimum Gasteiger partial charge on any atom is -0.496 e. The molecule has 0 saturated carbocycles. The molecule has 6 nitrogen and oxygen atoms in total. The molecule has 0 aliphatic carbocycles. The van der Waals surface area contributed by atoms with Crippen molar-refractivity contribution in [2.45, 2.75) is 32.7 Å². The summed E-state index contributed by atoms with van der Waals surface area (Å²) < 4.78 is 11.2. The van der Waals surface area contributed by atoms with E-state index in [4.69, 9.17) is 9.47 Å². The molecule has 0 aromatic heterocycles. The first-order valence-corrected chi connectivity index (χ1v) is 10.4. The second kappa shape index (κ2) is 10.1. The number of ether oxygens (including phenoxy) is 2. The number of amides is 2. The highest BCUT2D eigenvalue weighted by molar-refractivity contribution is 5.97. The zero-order valence-corrected chi connectivity index (χ0v) is 17.9. The lowest BCUT2D eigenvalue weighted by atomic mass is 9.97. The van der Waals surface area contributed by atoms with Crippen molar-refractivity contribution in [3.8, 4) is 11.5 Å². The number of methoxy groups -OCH3 is 1. The maximum Gasteiger partial charge on any atom is 0.257 e. The lowest BCUT2D eigenvalue weighted by Crippen LogP contribution is -2.39. The standard InChI is InChI=1S/C24H30N2O4/c1-17(2)25-23(27)19-8-10-20(11-9-19)30-16-18-12-14-26(15-13-18)24(28)21-6-4-5-7-22(21)29-3/h4-11,17-18H,12-16H2,1-3H3,(H,25,27). The second-order valence-electron chi connectivity index (χ2n) is 7.90. The van der Waals surface area contributed by atoms with E-state index in [0.29, 0.717) is 42.5 Å². The summed E-state index contributed by atoms with van der Waals surface area (Å²) in [6, 6.07) is 14.7. The number of nitrogens with zero attached hydrogens (tertiary/aromatic N) is 1. The minimum atomic E-state index is -0.0800. The molecule has 0 bridgehead atoms. The molecule has 0 unspecified atom stereocenters. The summed E-state index contributed by atoms with van der Waals surface area (Å²) in [4.78, 5) is 26.7.